The molecular weight excluding hydrogens is 268 g/mol. The largest absolute Gasteiger partial charge is 0.497 e. The molecule has 0 atom stereocenters. The summed E-state index contributed by atoms with van der Waals surface area (Å²) in [5.74, 6) is 1.44. The van der Waals surface area contributed by atoms with Crippen LogP contribution in [0.2, 0.25) is 0 Å². The number of hydrogen-bond donors (Lipinski definition) is 0. The molecule has 0 fully saturated rings. The van der Waals surface area contributed by atoms with Crippen LogP contribution in [0.25, 0.3) is 11.0 Å². The zero-order valence-corrected chi connectivity index (χ0v) is 11.3. The summed E-state index contributed by atoms with van der Waals surface area (Å²) < 4.78 is 8.25. The molecule has 0 amide bonds. The Morgan fingerprint density at radius 3 is 2.81 bits per heavy atom. The molecule has 0 aliphatic heterocycles. The monoisotopic (exact) mass is 282 g/mol. The Balaban J connectivity index is 2.53. The molecular formula is C12H15BrN2O. The molecule has 16 heavy (non-hydrogen) atoms. The van der Waals surface area contributed by atoms with E-state index in [0.717, 1.165) is 28.1 Å². The molecule has 1 aromatic heterocycles. The molecule has 0 N–H and O–H groups in total. The fourth-order valence-electron chi connectivity index (χ4n) is 1.75. The van der Waals surface area contributed by atoms with Crippen molar-refractivity contribution in [3.63, 3.8) is 0 Å². The first-order chi connectivity index (χ1) is 7.61. The molecule has 1 heterocycles. The smallest absolute Gasteiger partial charge is 0.178 e. The van der Waals surface area contributed by atoms with Gasteiger partial charge in [-0.1, -0.05) is 13.8 Å². The second-order valence-corrected chi connectivity index (χ2v) is 4.95. The lowest BCUT2D eigenvalue weighted by atomic mass is 10.2. The van der Waals surface area contributed by atoms with Gasteiger partial charge in [0.25, 0.3) is 0 Å². The van der Waals surface area contributed by atoms with Crippen molar-refractivity contribution < 1.29 is 4.74 Å². The van der Waals surface area contributed by atoms with Crippen LogP contribution in [0.15, 0.2) is 22.9 Å². The van der Waals surface area contributed by atoms with Crippen molar-refractivity contribution in [3.05, 3.63) is 22.9 Å². The standard InChI is InChI=1S/C12H15BrN2O/c1-8(2)7-15-11-5-4-9(16-3)6-10(11)14-12(15)13/h4-6,8H,7H2,1-3H3. The van der Waals surface area contributed by atoms with Gasteiger partial charge in [0, 0.05) is 12.6 Å². The minimum Gasteiger partial charge on any atom is -0.497 e. The number of hydrogen-bond acceptors (Lipinski definition) is 2. The molecule has 3 nitrogen and oxygen atoms in total. The minimum atomic E-state index is 0.593. The fraction of sp³-hybridized carbons (Fsp3) is 0.417. The Labute approximate surface area is 104 Å². The van der Waals surface area contributed by atoms with Gasteiger partial charge >= 0.3 is 0 Å². The number of imidazole rings is 1. The normalized spacial score (nSPS) is 11.3. The predicted octanol–water partition coefficient (Wildman–Crippen LogP) is 3.46. The number of benzene rings is 1. The van der Waals surface area contributed by atoms with Gasteiger partial charge in [0.1, 0.15) is 5.75 Å². The Morgan fingerprint density at radius 2 is 2.19 bits per heavy atom. The molecule has 0 aliphatic rings. The number of aromatic nitrogens is 2. The molecule has 0 spiro atoms. The van der Waals surface area contributed by atoms with E-state index >= 15 is 0 Å². The van der Waals surface area contributed by atoms with Crippen LogP contribution in [0.5, 0.6) is 5.75 Å². The molecule has 86 valence electrons. The van der Waals surface area contributed by atoms with E-state index in [-0.39, 0.29) is 0 Å². The van der Waals surface area contributed by atoms with Gasteiger partial charge in [-0.25, -0.2) is 4.98 Å². The first-order valence-electron chi connectivity index (χ1n) is 5.31. The second kappa shape index (κ2) is 4.45. The number of rotatable bonds is 3. The summed E-state index contributed by atoms with van der Waals surface area (Å²) >= 11 is 3.50. The van der Waals surface area contributed by atoms with Crippen LogP contribution in [-0.2, 0) is 6.54 Å². The summed E-state index contributed by atoms with van der Waals surface area (Å²) in [6.07, 6.45) is 0. The van der Waals surface area contributed by atoms with Crippen molar-refractivity contribution in [1.29, 1.82) is 0 Å². The maximum Gasteiger partial charge on any atom is 0.178 e. The maximum atomic E-state index is 5.19. The van der Waals surface area contributed by atoms with Gasteiger partial charge in [-0.15, -0.1) is 0 Å². The van der Waals surface area contributed by atoms with E-state index < -0.39 is 0 Å². The molecule has 0 saturated heterocycles. The zero-order chi connectivity index (χ0) is 11.7. The second-order valence-electron chi connectivity index (χ2n) is 4.24. The number of nitrogens with zero attached hydrogens (tertiary/aromatic N) is 2. The molecule has 4 heteroatoms. The van der Waals surface area contributed by atoms with Crippen molar-refractivity contribution in [2.45, 2.75) is 20.4 Å². The number of ether oxygens (including phenoxy) is 1. The Bertz CT molecular complexity index is 505. The van der Waals surface area contributed by atoms with Crippen molar-refractivity contribution in [2.75, 3.05) is 7.11 Å². The zero-order valence-electron chi connectivity index (χ0n) is 9.70. The lowest BCUT2D eigenvalue weighted by Crippen LogP contribution is -2.04. The highest BCUT2D eigenvalue weighted by atomic mass is 79.9. The first-order valence-corrected chi connectivity index (χ1v) is 6.11. The van der Waals surface area contributed by atoms with E-state index in [1.807, 2.05) is 18.2 Å². The molecule has 0 unspecified atom stereocenters. The molecule has 0 saturated carbocycles. The third-order valence-corrected chi connectivity index (χ3v) is 3.06. The lowest BCUT2D eigenvalue weighted by Gasteiger charge is -2.08. The quantitative estimate of drug-likeness (QED) is 0.862. The highest BCUT2D eigenvalue weighted by Gasteiger charge is 2.10. The molecule has 2 aromatic rings. The third-order valence-electron chi connectivity index (χ3n) is 2.46. The molecule has 0 bridgehead atoms. The van der Waals surface area contributed by atoms with E-state index in [1.165, 1.54) is 0 Å². The topological polar surface area (TPSA) is 27.1 Å². The van der Waals surface area contributed by atoms with Gasteiger partial charge in [0.05, 0.1) is 18.1 Å². The Morgan fingerprint density at radius 1 is 1.44 bits per heavy atom. The van der Waals surface area contributed by atoms with Crippen LogP contribution in [0, 0.1) is 5.92 Å². The Hall–Kier alpha value is -1.03. The van der Waals surface area contributed by atoms with Crippen molar-refractivity contribution >= 4 is 27.0 Å². The van der Waals surface area contributed by atoms with Crippen LogP contribution in [0.4, 0.5) is 0 Å². The van der Waals surface area contributed by atoms with Crippen molar-refractivity contribution in [1.82, 2.24) is 9.55 Å². The van der Waals surface area contributed by atoms with E-state index in [9.17, 15) is 0 Å². The van der Waals surface area contributed by atoms with Gasteiger partial charge in [0.15, 0.2) is 4.73 Å². The summed E-state index contributed by atoms with van der Waals surface area (Å²) in [6, 6.07) is 5.97. The fourth-order valence-corrected chi connectivity index (χ4v) is 2.27. The maximum absolute atomic E-state index is 5.19. The average Bonchev–Trinajstić information content (AvgIpc) is 2.54. The van der Waals surface area contributed by atoms with Crippen molar-refractivity contribution in [3.8, 4) is 5.75 Å². The van der Waals surface area contributed by atoms with Crippen LogP contribution in [0.3, 0.4) is 0 Å². The number of fused-ring (bicyclic) bond motifs is 1. The predicted molar refractivity (Wildman–Crippen MR) is 68.8 cm³/mol. The van der Waals surface area contributed by atoms with Crippen LogP contribution in [-0.4, -0.2) is 16.7 Å². The molecule has 1 aromatic carbocycles. The van der Waals surface area contributed by atoms with Crippen LogP contribution < -0.4 is 4.74 Å². The summed E-state index contributed by atoms with van der Waals surface area (Å²) in [6.45, 7) is 5.35. The summed E-state index contributed by atoms with van der Waals surface area (Å²) in [4.78, 5) is 4.47. The van der Waals surface area contributed by atoms with E-state index in [0.29, 0.717) is 5.92 Å². The molecule has 2 rings (SSSR count). The minimum absolute atomic E-state index is 0.593. The van der Waals surface area contributed by atoms with Gasteiger partial charge < -0.3 is 9.30 Å². The number of halogens is 1. The average molecular weight is 283 g/mol. The summed E-state index contributed by atoms with van der Waals surface area (Å²) in [5, 5.41) is 0. The highest BCUT2D eigenvalue weighted by Crippen LogP contribution is 2.25. The lowest BCUT2D eigenvalue weighted by molar-refractivity contribution is 0.415. The molecule has 0 radical (unpaired) electrons. The van der Waals surface area contributed by atoms with Gasteiger partial charge in [-0.2, -0.15) is 0 Å². The van der Waals surface area contributed by atoms with Gasteiger partial charge in [-0.05, 0) is 34.0 Å². The highest BCUT2D eigenvalue weighted by molar-refractivity contribution is 9.10. The van der Waals surface area contributed by atoms with E-state index in [2.05, 4.69) is 39.3 Å². The SMILES string of the molecule is COc1ccc2c(c1)nc(Br)n2CC(C)C. The first kappa shape index (κ1) is 11.5. The van der Waals surface area contributed by atoms with Gasteiger partial charge in [-0.3, -0.25) is 0 Å². The third kappa shape index (κ3) is 2.07. The van der Waals surface area contributed by atoms with E-state index in [4.69, 9.17) is 4.74 Å². The van der Waals surface area contributed by atoms with E-state index in [1.54, 1.807) is 7.11 Å². The van der Waals surface area contributed by atoms with Crippen molar-refractivity contribution in [2.24, 2.45) is 5.92 Å². The van der Waals surface area contributed by atoms with Crippen LogP contribution in [0.1, 0.15) is 13.8 Å². The van der Waals surface area contributed by atoms with Crippen LogP contribution >= 0.6 is 15.9 Å². The number of methoxy groups -OCH3 is 1. The van der Waals surface area contributed by atoms with Gasteiger partial charge in [0.2, 0.25) is 0 Å². The Kier molecular flexibility index (Phi) is 3.19. The summed E-state index contributed by atoms with van der Waals surface area (Å²) in [5.41, 5.74) is 2.10. The molecule has 0 aliphatic carbocycles. The summed E-state index contributed by atoms with van der Waals surface area (Å²) in [7, 11) is 1.67.